The number of nitrogens with zero attached hydrogens (tertiary/aromatic N) is 1. The van der Waals surface area contributed by atoms with Gasteiger partial charge in [0, 0.05) is 17.6 Å². The van der Waals surface area contributed by atoms with Crippen molar-refractivity contribution in [2.45, 2.75) is 19.9 Å². The van der Waals surface area contributed by atoms with E-state index in [9.17, 15) is 4.79 Å². The molecule has 0 aromatic carbocycles. The summed E-state index contributed by atoms with van der Waals surface area (Å²) in [5.74, 6) is 0.689. The van der Waals surface area contributed by atoms with Gasteiger partial charge in [0.1, 0.15) is 5.82 Å². The second kappa shape index (κ2) is 7.40. The first-order valence-corrected chi connectivity index (χ1v) is 8.02. The Balaban J connectivity index is 1.88. The third-order valence-corrected chi connectivity index (χ3v) is 4.26. The number of amides is 1. The molecule has 0 unspecified atom stereocenters. The molecule has 1 amide bonds. The Bertz CT molecular complexity index is 568. The van der Waals surface area contributed by atoms with Crippen LogP contribution in [0.2, 0.25) is 0 Å². The first kappa shape index (κ1) is 15.0. The summed E-state index contributed by atoms with van der Waals surface area (Å²) >= 11 is 5.01. The number of halogens is 1. The fourth-order valence-electron chi connectivity index (χ4n) is 1.60. The van der Waals surface area contributed by atoms with Gasteiger partial charge in [0.2, 0.25) is 0 Å². The molecule has 2 N–H and O–H groups in total. The Morgan fingerprint density at radius 2 is 2.20 bits per heavy atom. The maximum absolute atomic E-state index is 12.0. The summed E-state index contributed by atoms with van der Waals surface area (Å²) in [5.41, 5.74) is 0.572. The van der Waals surface area contributed by atoms with Gasteiger partial charge in [0.05, 0.1) is 15.9 Å². The second-order valence-corrected chi connectivity index (χ2v) is 6.79. The zero-order valence-corrected chi connectivity index (χ0v) is 13.6. The summed E-state index contributed by atoms with van der Waals surface area (Å²) < 4.78 is 1.06. The lowest BCUT2D eigenvalue weighted by molar-refractivity contribution is 0.0951. The third kappa shape index (κ3) is 4.31. The SMILES string of the molecule is CCCNc1ccc(C(=O)NCc2ccc(Br)s2)cn1. The number of pyridine rings is 1. The minimum absolute atomic E-state index is 0.107. The van der Waals surface area contributed by atoms with Crippen LogP contribution in [0.25, 0.3) is 0 Å². The van der Waals surface area contributed by atoms with Gasteiger partial charge in [-0.15, -0.1) is 11.3 Å². The zero-order valence-electron chi connectivity index (χ0n) is 11.1. The van der Waals surface area contributed by atoms with Gasteiger partial charge < -0.3 is 10.6 Å². The van der Waals surface area contributed by atoms with Crippen LogP contribution in [0, 0.1) is 0 Å². The molecular formula is C14H16BrN3OS. The summed E-state index contributed by atoms with van der Waals surface area (Å²) in [6.45, 7) is 3.51. The van der Waals surface area contributed by atoms with Crippen LogP contribution in [0.15, 0.2) is 34.2 Å². The Hall–Kier alpha value is -1.40. The molecule has 2 aromatic rings. The van der Waals surface area contributed by atoms with Crippen molar-refractivity contribution in [2.75, 3.05) is 11.9 Å². The van der Waals surface area contributed by atoms with Crippen LogP contribution in [0.1, 0.15) is 28.6 Å². The first-order chi connectivity index (χ1) is 9.69. The molecule has 0 radical (unpaired) electrons. The first-order valence-electron chi connectivity index (χ1n) is 6.41. The van der Waals surface area contributed by atoms with E-state index in [1.54, 1.807) is 23.6 Å². The Morgan fingerprint density at radius 3 is 2.80 bits per heavy atom. The minimum Gasteiger partial charge on any atom is -0.370 e. The molecule has 2 rings (SSSR count). The van der Waals surface area contributed by atoms with Gasteiger partial charge in [0.25, 0.3) is 5.91 Å². The van der Waals surface area contributed by atoms with Crippen molar-refractivity contribution in [3.8, 4) is 0 Å². The molecule has 2 aromatic heterocycles. The van der Waals surface area contributed by atoms with E-state index in [1.165, 1.54) is 0 Å². The summed E-state index contributed by atoms with van der Waals surface area (Å²) in [5, 5.41) is 6.06. The van der Waals surface area contributed by atoms with Gasteiger partial charge >= 0.3 is 0 Å². The van der Waals surface area contributed by atoms with Crippen LogP contribution in [-0.2, 0) is 6.54 Å². The molecule has 2 heterocycles. The van der Waals surface area contributed by atoms with E-state index in [-0.39, 0.29) is 5.91 Å². The van der Waals surface area contributed by atoms with E-state index >= 15 is 0 Å². The van der Waals surface area contributed by atoms with E-state index in [4.69, 9.17) is 0 Å². The average molecular weight is 354 g/mol. The van der Waals surface area contributed by atoms with Crippen LogP contribution in [-0.4, -0.2) is 17.4 Å². The Labute approximate surface area is 130 Å². The summed E-state index contributed by atoms with van der Waals surface area (Å²) in [6, 6.07) is 7.57. The molecule has 0 aliphatic carbocycles. The molecule has 0 saturated heterocycles. The number of hydrogen-bond acceptors (Lipinski definition) is 4. The highest BCUT2D eigenvalue weighted by Crippen LogP contribution is 2.21. The van der Waals surface area contributed by atoms with Crippen LogP contribution in [0.5, 0.6) is 0 Å². The number of carbonyl (C=O) groups is 1. The van der Waals surface area contributed by atoms with Crippen molar-refractivity contribution >= 4 is 39.0 Å². The van der Waals surface area contributed by atoms with Crippen molar-refractivity contribution in [2.24, 2.45) is 0 Å². The predicted octanol–water partition coefficient (Wildman–Crippen LogP) is 3.66. The van der Waals surface area contributed by atoms with Gasteiger partial charge in [-0.25, -0.2) is 4.98 Å². The predicted molar refractivity (Wildman–Crippen MR) is 86.2 cm³/mol. The fourth-order valence-corrected chi connectivity index (χ4v) is 3.02. The van der Waals surface area contributed by atoms with E-state index in [2.05, 4.69) is 38.5 Å². The standard InChI is InChI=1S/C14H16BrN3OS/c1-2-7-16-13-6-3-10(8-17-13)14(19)18-9-11-4-5-12(15)20-11/h3-6,8H,2,7,9H2,1H3,(H,16,17)(H,18,19). The highest BCUT2D eigenvalue weighted by atomic mass is 79.9. The number of thiophene rings is 1. The molecule has 0 aliphatic rings. The quantitative estimate of drug-likeness (QED) is 0.833. The number of rotatable bonds is 6. The maximum atomic E-state index is 12.0. The van der Waals surface area contributed by atoms with Crippen LogP contribution < -0.4 is 10.6 Å². The molecule has 0 aliphatic heterocycles. The lowest BCUT2D eigenvalue weighted by Crippen LogP contribution is -2.22. The smallest absolute Gasteiger partial charge is 0.253 e. The second-order valence-electron chi connectivity index (χ2n) is 4.25. The number of carbonyl (C=O) groups excluding carboxylic acids is 1. The molecule has 0 saturated carbocycles. The monoisotopic (exact) mass is 353 g/mol. The largest absolute Gasteiger partial charge is 0.370 e. The number of anilines is 1. The Morgan fingerprint density at radius 1 is 1.35 bits per heavy atom. The van der Waals surface area contributed by atoms with Gasteiger partial charge in [0.15, 0.2) is 0 Å². The van der Waals surface area contributed by atoms with Crippen LogP contribution in [0.4, 0.5) is 5.82 Å². The highest BCUT2D eigenvalue weighted by Gasteiger charge is 2.06. The van der Waals surface area contributed by atoms with Crippen molar-refractivity contribution in [3.05, 3.63) is 44.7 Å². The molecule has 6 heteroatoms. The van der Waals surface area contributed by atoms with Crippen LogP contribution in [0.3, 0.4) is 0 Å². The lowest BCUT2D eigenvalue weighted by atomic mass is 10.2. The van der Waals surface area contributed by atoms with Crippen molar-refractivity contribution < 1.29 is 4.79 Å². The number of nitrogens with one attached hydrogen (secondary N) is 2. The normalized spacial score (nSPS) is 10.3. The fraction of sp³-hybridized carbons (Fsp3) is 0.286. The summed E-state index contributed by atoms with van der Waals surface area (Å²) in [7, 11) is 0. The van der Waals surface area contributed by atoms with Crippen molar-refractivity contribution in [3.63, 3.8) is 0 Å². The summed E-state index contributed by atoms with van der Waals surface area (Å²) in [6.07, 6.45) is 2.64. The number of aromatic nitrogens is 1. The van der Waals surface area contributed by atoms with Crippen LogP contribution >= 0.6 is 27.3 Å². The molecule has 0 bridgehead atoms. The molecule has 4 nitrogen and oxygen atoms in total. The minimum atomic E-state index is -0.107. The Kier molecular flexibility index (Phi) is 5.55. The third-order valence-electron chi connectivity index (χ3n) is 2.63. The molecule has 106 valence electrons. The average Bonchev–Trinajstić information content (AvgIpc) is 2.89. The highest BCUT2D eigenvalue weighted by molar-refractivity contribution is 9.11. The van der Waals surface area contributed by atoms with Gasteiger partial charge in [-0.1, -0.05) is 6.92 Å². The van der Waals surface area contributed by atoms with Crippen molar-refractivity contribution in [1.82, 2.24) is 10.3 Å². The molecule has 0 fully saturated rings. The van der Waals surface area contributed by atoms with E-state index < -0.39 is 0 Å². The van der Waals surface area contributed by atoms with E-state index in [0.717, 1.165) is 27.4 Å². The van der Waals surface area contributed by atoms with E-state index in [0.29, 0.717) is 12.1 Å². The van der Waals surface area contributed by atoms with Gasteiger partial charge in [-0.2, -0.15) is 0 Å². The number of hydrogen-bond donors (Lipinski definition) is 2. The van der Waals surface area contributed by atoms with Crippen molar-refractivity contribution in [1.29, 1.82) is 0 Å². The molecule has 0 atom stereocenters. The molecule has 0 spiro atoms. The van der Waals surface area contributed by atoms with Gasteiger partial charge in [-0.05, 0) is 46.6 Å². The molecule has 20 heavy (non-hydrogen) atoms. The molecular weight excluding hydrogens is 338 g/mol. The summed E-state index contributed by atoms with van der Waals surface area (Å²) in [4.78, 5) is 17.3. The van der Waals surface area contributed by atoms with E-state index in [1.807, 2.05) is 18.2 Å². The lowest BCUT2D eigenvalue weighted by Gasteiger charge is -2.06. The topological polar surface area (TPSA) is 54.0 Å². The zero-order chi connectivity index (χ0) is 14.4. The van der Waals surface area contributed by atoms with Gasteiger partial charge in [-0.3, -0.25) is 4.79 Å². The maximum Gasteiger partial charge on any atom is 0.253 e.